The molecule has 0 saturated heterocycles. The van der Waals surface area contributed by atoms with E-state index in [2.05, 4.69) is 49.7 Å². The van der Waals surface area contributed by atoms with Crippen LogP contribution < -0.4 is 5.32 Å². The van der Waals surface area contributed by atoms with Crippen LogP contribution >= 0.6 is 11.3 Å². The van der Waals surface area contributed by atoms with Gasteiger partial charge in [-0.2, -0.15) is 0 Å². The number of fused-ring (bicyclic) bond motifs is 1. The van der Waals surface area contributed by atoms with Crippen LogP contribution in [-0.4, -0.2) is 32.5 Å². The molecule has 0 radical (unpaired) electrons. The van der Waals surface area contributed by atoms with E-state index in [0.29, 0.717) is 23.3 Å². The lowest BCUT2D eigenvalue weighted by Crippen LogP contribution is -2.29. The number of carbonyl (C=O) groups excluding carboxylic acids is 1. The number of anilines is 1. The average molecular weight is 446 g/mol. The Balaban J connectivity index is 1.14. The van der Waals surface area contributed by atoms with Crippen LogP contribution in [0.4, 0.5) is 5.13 Å². The van der Waals surface area contributed by atoms with Gasteiger partial charge in [0.05, 0.1) is 5.69 Å². The Morgan fingerprint density at radius 3 is 2.66 bits per heavy atom. The third-order valence-electron chi connectivity index (χ3n) is 5.36. The van der Waals surface area contributed by atoms with Gasteiger partial charge in [0.25, 0.3) is 0 Å². The lowest BCUT2D eigenvalue weighted by molar-refractivity contribution is -0.116. The minimum absolute atomic E-state index is 0.100. The number of thiazole rings is 1. The van der Waals surface area contributed by atoms with Crippen molar-refractivity contribution in [1.82, 2.24) is 20.1 Å². The van der Waals surface area contributed by atoms with Gasteiger partial charge in [-0.05, 0) is 17.7 Å². The highest BCUT2D eigenvalue weighted by atomic mass is 32.1. The molecule has 1 amide bonds. The summed E-state index contributed by atoms with van der Waals surface area (Å²) >= 11 is 1.56. The number of hydrogen-bond acceptors (Lipinski definition) is 7. The van der Waals surface area contributed by atoms with Crippen molar-refractivity contribution in [3.05, 3.63) is 82.7 Å². The molecular weight excluding hydrogens is 422 g/mol. The first-order chi connectivity index (χ1) is 15.7. The van der Waals surface area contributed by atoms with E-state index in [4.69, 9.17) is 4.42 Å². The van der Waals surface area contributed by atoms with Crippen molar-refractivity contribution in [3.63, 3.8) is 0 Å². The van der Waals surface area contributed by atoms with Gasteiger partial charge >= 0.3 is 0 Å². The van der Waals surface area contributed by atoms with E-state index in [1.165, 1.54) is 10.4 Å². The quantitative estimate of drug-likeness (QED) is 0.456. The predicted octanol–water partition coefficient (Wildman–Crippen LogP) is 4.32. The molecule has 0 bridgehead atoms. The number of rotatable bonds is 7. The van der Waals surface area contributed by atoms with Crippen LogP contribution in [0, 0.1) is 0 Å². The zero-order chi connectivity index (χ0) is 21.8. The summed E-state index contributed by atoms with van der Waals surface area (Å²) in [6.07, 6.45) is 1.56. The maximum atomic E-state index is 12.4. The number of aryl methyl sites for hydroxylation is 1. The molecule has 8 heteroatoms. The first-order valence-electron chi connectivity index (χ1n) is 10.7. The van der Waals surface area contributed by atoms with Gasteiger partial charge in [0, 0.05) is 49.3 Å². The van der Waals surface area contributed by atoms with Crippen LogP contribution in [0.15, 0.2) is 65.1 Å². The molecule has 32 heavy (non-hydrogen) atoms. The van der Waals surface area contributed by atoms with Crippen LogP contribution in [0.1, 0.15) is 28.4 Å². The number of amides is 1. The van der Waals surface area contributed by atoms with Crippen LogP contribution in [0.3, 0.4) is 0 Å². The third kappa shape index (κ3) is 4.92. The van der Waals surface area contributed by atoms with Crippen molar-refractivity contribution in [2.75, 3.05) is 11.9 Å². The number of carbonyl (C=O) groups is 1. The van der Waals surface area contributed by atoms with E-state index >= 15 is 0 Å². The minimum atomic E-state index is -0.100. The van der Waals surface area contributed by atoms with Crippen molar-refractivity contribution in [2.45, 2.75) is 32.4 Å². The molecule has 3 heterocycles. The maximum Gasteiger partial charge on any atom is 0.247 e. The molecule has 0 saturated carbocycles. The van der Waals surface area contributed by atoms with E-state index in [1.54, 1.807) is 11.3 Å². The number of nitrogens with one attached hydrogen (secondary N) is 1. The predicted molar refractivity (Wildman–Crippen MR) is 123 cm³/mol. The van der Waals surface area contributed by atoms with Crippen LogP contribution in [0.2, 0.25) is 0 Å². The number of benzene rings is 2. The minimum Gasteiger partial charge on any atom is -0.421 e. The Morgan fingerprint density at radius 1 is 1.06 bits per heavy atom. The topological polar surface area (TPSA) is 84.1 Å². The Morgan fingerprint density at radius 2 is 1.84 bits per heavy atom. The van der Waals surface area contributed by atoms with Crippen LogP contribution in [0.25, 0.3) is 11.5 Å². The Labute approximate surface area is 190 Å². The summed E-state index contributed by atoms with van der Waals surface area (Å²) in [6, 6.07) is 20.1. The van der Waals surface area contributed by atoms with E-state index < -0.39 is 0 Å². The summed E-state index contributed by atoms with van der Waals surface area (Å²) in [7, 11) is 0. The highest BCUT2D eigenvalue weighted by Gasteiger charge is 2.21. The number of nitrogens with zero attached hydrogens (tertiary/aromatic N) is 4. The molecule has 0 spiro atoms. The van der Waals surface area contributed by atoms with Crippen LogP contribution in [-0.2, 0) is 30.7 Å². The second kappa shape index (κ2) is 9.42. The van der Waals surface area contributed by atoms with Crippen molar-refractivity contribution in [3.8, 4) is 11.5 Å². The van der Waals surface area contributed by atoms with Crippen molar-refractivity contribution in [2.24, 2.45) is 0 Å². The highest BCUT2D eigenvalue weighted by molar-refractivity contribution is 7.15. The zero-order valence-corrected chi connectivity index (χ0v) is 18.3. The monoisotopic (exact) mass is 445 g/mol. The largest absolute Gasteiger partial charge is 0.421 e. The van der Waals surface area contributed by atoms with E-state index in [1.807, 2.05) is 36.4 Å². The van der Waals surface area contributed by atoms with E-state index in [9.17, 15) is 4.79 Å². The fourth-order valence-electron chi connectivity index (χ4n) is 3.73. The van der Waals surface area contributed by atoms with Crippen molar-refractivity contribution in [1.29, 1.82) is 0 Å². The average Bonchev–Trinajstić information content (AvgIpc) is 3.45. The molecule has 4 aromatic rings. The Bertz CT molecular complexity index is 1190. The van der Waals surface area contributed by atoms with Gasteiger partial charge in [-0.25, -0.2) is 4.98 Å². The molecule has 5 rings (SSSR count). The van der Waals surface area contributed by atoms with E-state index in [0.717, 1.165) is 37.3 Å². The molecule has 1 N–H and O–H groups in total. The summed E-state index contributed by atoms with van der Waals surface area (Å²) in [6.45, 7) is 2.76. The first-order valence-corrected chi connectivity index (χ1v) is 11.5. The molecule has 0 atom stereocenters. The molecular formula is C24H23N5O2S. The van der Waals surface area contributed by atoms with Gasteiger partial charge in [-0.3, -0.25) is 9.69 Å². The van der Waals surface area contributed by atoms with Gasteiger partial charge in [0.2, 0.25) is 17.7 Å². The molecule has 0 fully saturated rings. The standard InChI is InChI=1S/C24H23N5O2S/c30-21(11-12-22-27-28-23(31-22)18-9-5-2-6-10-18)26-24-25-19-13-14-29(16-20(19)32-24)15-17-7-3-1-4-8-17/h1-10H,11-16H2,(H,25,26,30). The van der Waals surface area contributed by atoms with Gasteiger partial charge in [-0.1, -0.05) is 48.5 Å². The summed E-state index contributed by atoms with van der Waals surface area (Å²) in [4.78, 5) is 20.7. The highest BCUT2D eigenvalue weighted by Crippen LogP contribution is 2.29. The van der Waals surface area contributed by atoms with E-state index in [-0.39, 0.29) is 12.3 Å². The molecule has 0 unspecified atom stereocenters. The Kier molecular flexibility index (Phi) is 6.04. The molecule has 162 valence electrons. The fraction of sp³-hybridized carbons (Fsp3) is 0.250. The SMILES string of the molecule is O=C(CCc1nnc(-c2ccccc2)o1)Nc1nc2c(s1)CN(Cc1ccccc1)CC2. The summed E-state index contributed by atoms with van der Waals surface area (Å²) in [5, 5.41) is 11.7. The lowest BCUT2D eigenvalue weighted by Gasteiger charge is -2.25. The smallest absolute Gasteiger partial charge is 0.247 e. The molecule has 0 aliphatic carbocycles. The maximum absolute atomic E-state index is 12.4. The number of hydrogen-bond donors (Lipinski definition) is 1. The van der Waals surface area contributed by atoms with Crippen molar-refractivity contribution < 1.29 is 9.21 Å². The summed E-state index contributed by atoms with van der Waals surface area (Å²) < 4.78 is 5.68. The zero-order valence-electron chi connectivity index (χ0n) is 17.5. The molecule has 2 aromatic heterocycles. The lowest BCUT2D eigenvalue weighted by atomic mass is 10.1. The number of aromatic nitrogens is 3. The Hall–Kier alpha value is -3.36. The molecule has 1 aliphatic heterocycles. The molecule has 2 aromatic carbocycles. The molecule has 7 nitrogen and oxygen atoms in total. The fourth-order valence-corrected chi connectivity index (χ4v) is 4.80. The van der Waals surface area contributed by atoms with Gasteiger partial charge in [0.15, 0.2) is 5.13 Å². The summed E-state index contributed by atoms with van der Waals surface area (Å²) in [5.41, 5.74) is 3.27. The van der Waals surface area contributed by atoms with Gasteiger partial charge in [-0.15, -0.1) is 21.5 Å². The van der Waals surface area contributed by atoms with Gasteiger partial charge < -0.3 is 9.73 Å². The third-order valence-corrected chi connectivity index (χ3v) is 6.36. The van der Waals surface area contributed by atoms with Crippen LogP contribution in [0.5, 0.6) is 0 Å². The van der Waals surface area contributed by atoms with Gasteiger partial charge in [0.1, 0.15) is 0 Å². The summed E-state index contributed by atoms with van der Waals surface area (Å²) in [5.74, 6) is 0.819. The van der Waals surface area contributed by atoms with Crippen molar-refractivity contribution >= 4 is 22.4 Å². The second-order valence-electron chi connectivity index (χ2n) is 7.75. The normalized spacial score (nSPS) is 13.6. The molecule has 1 aliphatic rings. The second-order valence-corrected chi connectivity index (χ2v) is 8.83. The first kappa shape index (κ1) is 20.5.